The third kappa shape index (κ3) is 2.50. The lowest BCUT2D eigenvalue weighted by molar-refractivity contribution is 0.0287. The van der Waals surface area contributed by atoms with Gasteiger partial charge in [0.15, 0.2) is 5.82 Å². The summed E-state index contributed by atoms with van der Waals surface area (Å²) < 4.78 is 18.8. The molecule has 0 amide bonds. The van der Waals surface area contributed by atoms with Gasteiger partial charge in [-0.15, -0.1) is 0 Å². The minimum atomic E-state index is -0.397. The highest BCUT2D eigenvalue weighted by Crippen LogP contribution is 2.27. The summed E-state index contributed by atoms with van der Waals surface area (Å²) in [4.78, 5) is 12.9. The maximum absolute atomic E-state index is 13.0. The van der Waals surface area contributed by atoms with E-state index in [-0.39, 0.29) is 12.1 Å². The fraction of sp³-hybridized carbons (Fsp3) is 0.714. The average Bonchev–Trinajstić information content (AvgIpc) is 2.91. The van der Waals surface area contributed by atoms with Crippen molar-refractivity contribution in [1.82, 2.24) is 14.9 Å². The van der Waals surface area contributed by atoms with Gasteiger partial charge in [0, 0.05) is 25.7 Å². The molecule has 0 N–H and O–H groups in total. The zero-order valence-corrected chi connectivity index (χ0v) is 12.0. The standard InChI is InChI=1S/C14H21FN4O/c1-3-10(2)18-8-12-13(9-18)20-5-4-19(12)14-16-6-11(15)7-17-14/h6-7,10,12-13H,3-5,8-9H2,1-2H3/t10-,12-,13+/m1/s1. The van der Waals surface area contributed by atoms with E-state index < -0.39 is 5.82 Å². The fourth-order valence-electron chi connectivity index (χ4n) is 3.04. The molecule has 3 rings (SSSR count). The van der Waals surface area contributed by atoms with Crippen molar-refractivity contribution >= 4 is 5.95 Å². The Balaban J connectivity index is 1.77. The number of halogens is 1. The van der Waals surface area contributed by atoms with Gasteiger partial charge in [0.1, 0.15) is 0 Å². The summed E-state index contributed by atoms with van der Waals surface area (Å²) in [6.45, 7) is 7.81. The predicted octanol–water partition coefficient (Wildman–Crippen LogP) is 1.30. The number of rotatable bonds is 3. The van der Waals surface area contributed by atoms with Crippen molar-refractivity contribution in [2.24, 2.45) is 0 Å². The van der Waals surface area contributed by atoms with Crippen molar-refractivity contribution in [2.45, 2.75) is 38.5 Å². The lowest BCUT2D eigenvalue weighted by atomic mass is 10.1. The second-order valence-electron chi connectivity index (χ2n) is 5.58. The molecule has 2 fully saturated rings. The number of likely N-dealkylation sites (tertiary alicyclic amines) is 1. The van der Waals surface area contributed by atoms with Crippen LogP contribution in [0, 0.1) is 5.82 Å². The molecule has 0 radical (unpaired) electrons. The van der Waals surface area contributed by atoms with Crippen LogP contribution in [-0.2, 0) is 4.74 Å². The highest BCUT2D eigenvalue weighted by Gasteiger charge is 2.42. The van der Waals surface area contributed by atoms with Crippen LogP contribution in [0.4, 0.5) is 10.3 Å². The van der Waals surface area contributed by atoms with Crippen molar-refractivity contribution in [2.75, 3.05) is 31.1 Å². The lowest BCUT2D eigenvalue weighted by Gasteiger charge is -2.36. The molecule has 0 saturated carbocycles. The number of hydrogen-bond donors (Lipinski definition) is 0. The van der Waals surface area contributed by atoms with Crippen LogP contribution in [0.25, 0.3) is 0 Å². The van der Waals surface area contributed by atoms with Crippen molar-refractivity contribution in [3.05, 3.63) is 18.2 Å². The quantitative estimate of drug-likeness (QED) is 0.835. The molecule has 3 heterocycles. The van der Waals surface area contributed by atoms with Gasteiger partial charge in [0.2, 0.25) is 5.95 Å². The molecular formula is C14H21FN4O. The normalized spacial score (nSPS) is 28.4. The first kappa shape index (κ1) is 13.7. The number of aromatic nitrogens is 2. The predicted molar refractivity (Wildman–Crippen MR) is 74.2 cm³/mol. The van der Waals surface area contributed by atoms with Crippen LogP contribution < -0.4 is 4.90 Å². The minimum absolute atomic E-state index is 0.200. The Kier molecular flexibility index (Phi) is 3.85. The topological polar surface area (TPSA) is 41.5 Å². The number of fused-ring (bicyclic) bond motifs is 1. The van der Waals surface area contributed by atoms with E-state index in [0.717, 1.165) is 26.1 Å². The minimum Gasteiger partial charge on any atom is -0.373 e. The van der Waals surface area contributed by atoms with E-state index in [2.05, 4.69) is 33.6 Å². The van der Waals surface area contributed by atoms with Crippen LogP contribution in [0.3, 0.4) is 0 Å². The molecule has 2 aliphatic heterocycles. The highest BCUT2D eigenvalue weighted by molar-refractivity contribution is 5.33. The van der Waals surface area contributed by atoms with Gasteiger partial charge in [-0.25, -0.2) is 14.4 Å². The van der Waals surface area contributed by atoms with Crippen LogP contribution in [0.15, 0.2) is 12.4 Å². The molecule has 0 bridgehead atoms. The number of anilines is 1. The van der Waals surface area contributed by atoms with Gasteiger partial charge in [0.05, 0.1) is 31.1 Å². The van der Waals surface area contributed by atoms with Gasteiger partial charge in [-0.3, -0.25) is 4.90 Å². The first-order valence-corrected chi connectivity index (χ1v) is 7.29. The smallest absolute Gasteiger partial charge is 0.225 e. The van der Waals surface area contributed by atoms with Gasteiger partial charge in [-0.1, -0.05) is 6.92 Å². The molecule has 2 aliphatic rings. The van der Waals surface area contributed by atoms with Crippen LogP contribution in [0.2, 0.25) is 0 Å². The van der Waals surface area contributed by atoms with Gasteiger partial charge in [0.25, 0.3) is 0 Å². The summed E-state index contributed by atoms with van der Waals surface area (Å²) in [6, 6.07) is 0.823. The first-order valence-electron chi connectivity index (χ1n) is 7.29. The number of morpholine rings is 1. The van der Waals surface area contributed by atoms with E-state index in [1.807, 2.05) is 0 Å². The Morgan fingerprint density at radius 3 is 2.85 bits per heavy atom. The first-order chi connectivity index (χ1) is 9.69. The maximum atomic E-state index is 13.0. The van der Waals surface area contributed by atoms with Gasteiger partial charge < -0.3 is 9.64 Å². The monoisotopic (exact) mass is 280 g/mol. The van der Waals surface area contributed by atoms with Crippen LogP contribution in [0.1, 0.15) is 20.3 Å². The average molecular weight is 280 g/mol. The van der Waals surface area contributed by atoms with Crippen LogP contribution >= 0.6 is 0 Å². The highest BCUT2D eigenvalue weighted by atomic mass is 19.1. The molecule has 6 heteroatoms. The van der Waals surface area contributed by atoms with E-state index in [9.17, 15) is 4.39 Å². The van der Waals surface area contributed by atoms with Gasteiger partial charge in [-0.2, -0.15) is 0 Å². The summed E-state index contributed by atoms with van der Waals surface area (Å²) in [5, 5.41) is 0. The Morgan fingerprint density at radius 2 is 2.15 bits per heavy atom. The number of nitrogens with zero attached hydrogens (tertiary/aromatic N) is 4. The van der Waals surface area contributed by atoms with Crippen molar-refractivity contribution < 1.29 is 9.13 Å². The third-order valence-corrected chi connectivity index (χ3v) is 4.41. The Morgan fingerprint density at radius 1 is 1.40 bits per heavy atom. The fourth-order valence-corrected chi connectivity index (χ4v) is 3.04. The summed E-state index contributed by atoms with van der Waals surface area (Å²) in [7, 11) is 0. The number of ether oxygens (including phenoxy) is 1. The van der Waals surface area contributed by atoms with E-state index in [1.165, 1.54) is 12.4 Å². The molecule has 1 aromatic heterocycles. The summed E-state index contributed by atoms with van der Waals surface area (Å²) in [5.41, 5.74) is 0. The Bertz CT molecular complexity index is 455. The van der Waals surface area contributed by atoms with Crippen molar-refractivity contribution in [3.8, 4) is 0 Å². The molecule has 20 heavy (non-hydrogen) atoms. The molecule has 1 aromatic rings. The maximum Gasteiger partial charge on any atom is 0.225 e. The summed E-state index contributed by atoms with van der Waals surface area (Å²) in [5.74, 6) is 0.210. The van der Waals surface area contributed by atoms with Crippen molar-refractivity contribution in [3.63, 3.8) is 0 Å². The largest absolute Gasteiger partial charge is 0.373 e. The third-order valence-electron chi connectivity index (χ3n) is 4.41. The number of hydrogen-bond acceptors (Lipinski definition) is 5. The molecule has 3 atom stereocenters. The molecule has 0 spiro atoms. The van der Waals surface area contributed by atoms with E-state index in [0.29, 0.717) is 18.6 Å². The SMILES string of the molecule is CC[C@@H](C)N1C[C@@H]2OCCN(c3ncc(F)cn3)[C@@H]2C1. The second kappa shape index (κ2) is 5.61. The van der Waals surface area contributed by atoms with Gasteiger partial charge >= 0.3 is 0 Å². The molecule has 0 aromatic carbocycles. The molecule has 110 valence electrons. The van der Waals surface area contributed by atoms with E-state index >= 15 is 0 Å². The van der Waals surface area contributed by atoms with E-state index in [1.54, 1.807) is 0 Å². The van der Waals surface area contributed by atoms with Crippen molar-refractivity contribution in [1.29, 1.82) is 0 Å². The van der Waals surface area contributed by atoms with E-state index in [4.69, 9.17) is 4.74 Å². The zero-order chi connectivity index (χ0) is 14.1. The Labute approximate surface area is 118 Å². The molecule has 5 nitrogen and oxygen atoms in total. The van der Waals surface area contributed by atoms with Crippen LogP contribution in [0.5, 0.6) is 0 Å². The van der Waals surface area contributed by atoms with Gasteiger partial charge in [-0.05, 0) is 13.3 Å². The Hall–Kier alpha value is -1.27. The molecular weight excluding hydrogens is 259 g/mol. The summed E-state index contributed by atoms with van der Waals surface area (Å²) in [6.07, 6.45) is 3.79. The molecule has 0 aliphatic carbocycles. The summed E-state index contributed by atoms with van der Waals surface area (Å²) >= 11 is 0. The molecule has 0 unspecified atom stereocenters. The zero-order valence-electron chi connectivity index (χ0n) is 12.0. The second-order valence-corrected chi connectivity index (χ2v) is 5.58. The lowest BCUT2D eigenvalue weighted by Crippen LogP contribution is -2.51. The molecule has 2 saturated heterocycles. The van der Waals surface area contributed by atoms with Crippen LogP contribution in [-0.4, -0.2) is 59.3 Å².